The number of anilines is 1. The van der Waals surface area contributed by atoms with Gasteiger partial charge in [0.25, 0.3) is 0 Å². The summed E-state index contributed by atoms with van der Waals surface area (Å²) in [4.78, 5) is 7.32. The van der Waals surface area contributed by atoms with Gasteiger partial charge in [-0.1, -0.05) is 37.3 Å². The molecule has 5 heteroatoms. The molecule has 110 valence electrons. The van der Waals surface area contributed by atoms with Gasteiger partial charge in [-0.05, 0) is 24.5 Å². The number of hydrogen-bond donors (Lipinski definition) is 2. The second kappa shape index (κ2) is 5.58. The Hall–Kier alpha value is -1.72. The van der Waals surface area contributed by atoms with Gasteiger partial charge in [-0.3, -0.25) is 0 Å². The molecule has 3 N–H and O–H groups in total. The molecular weight excluding hydrogens is 282 g/mol. The molecule has 4 nitrogen and oxygen atoms in total. The lowest BCUT2D eigenvalue weighted by molar-refractivity contribution is 0.0969. The van der Waals surface area contributed by atoms with Gasteiger partial charge in [-0.15, -0.1) is 0 Å². The van der Waals surface area contributed by atoms with Gasteiger partial charge in [0.05, 0.1) is 11.6 Å². The number of nitrogens with two attached hydrogens (primary N) is 1. The van der Waals surface area contributed by atoms with Crippen LogP contribution in [0.25, 0.3) is 10.9 Å². The van der Waals surface area contributed by atoms with Crippen LogP contribution in [0.15, 0.2) is 30.3 Å². The molecule has 1 aliphatic rings. The summed E-state index contributed by atoms with van der Waals surface area (Å²) in [5.74, 6) is 1.12. The zero-order valence-corrected chi connectivity index (χ0v) is 12.8. The lowest BCUT2D eigenvalue weighted by Crippen LogP contribution is -2.42. The lowest BCUT2D eigenvalue weighted by Gasteiger charge is -2.35. The van der Waals surface area contributed by atoms with Crippen molar-refractivity contribution in [3.05, 3.63) is 35.9 Å². The van der Waals surface area contributed by atoms with Crippen molar-refractivity contribution in [1.29, 1.82) is 0 Å². The molecule has 2 atom stereocenters. The molecule has 0 bridgehead atoms. The van der Waals surface area contributed by atoms with E-state index in [9.17, 15) is 5.11 Å². The quantitative estimate of drug-likeness (QED) is 0.832. The van der Waals surface area contributed by atoms with Crippen LogP contribution in [0.5, 0.6) is 0 Å². The molecule has 2 unspecified atom stereocenters. The number of pyridine rings is 1. The van der Waals surface area contributed by atoms with E-state index in [4.69, 9.17) is 22.9 Å². The van der Waals surface area contributed by atoms with Crippen molar-refractivity contribution in [3.8, 4) is 0 Å². The van der Waals surface area contributed by atoms with E-state index in [1.165, 1.54) is 0 Å². The Bertz CT molecular complexity index is 688. The van der Waals surface area contributed by atoms with Crippen LogP contribution in [0.3, 0.4) is 0 Å². The van der Waals surface area contributed by atoms with Crippen LogP contribution in [0.4, 0.5) is 5.82 Å². The number of aromatic nitrogens is 1. The SMILES string of the molecule is CC1CN(c2cc(C(N)=S)c3ccccc3n2)CCC1O. The number of piperidine rings is 1. The van der Waals surface area contributed by atoms with Crippen LogP contribution in [-0.2, 0) is 0 Å². The van der Waals surface area contributed by atoms with Gasteiger partial charge < -0.3 is 15.7 Å². The number of hydrogen-bond acceptors (Lipinski definition) is 4. The number of para-hydroxylation sites is 1. The first-order valence-electron chi connectivity index (χ1n) is 7.19. The third kappa shape index (κ3) is 2.71. The lowest BCUT2D eigenvalue weighted by atomic mass is 9.96. The summed E-state index contributed by atoms with van der Waals surface area (Å²) in [5.41, 5.74) is 7.64. The molecule has 21 heavy (non-hydrogen) atoms. The summed E-state index contributed by atoms with van der Waals surface area (Å²) in [6, 6.07) is 9.86. The fraction of sp³-hybridized carbons (Fsp3) is 0.375. The molecule has 2 heterocycles. The minimum Gasteiger partial charge on any atom is -0.393 e. The number of nitrogens with zero attached hydrogens (tertiary/aromatic N) is 2. The van der Waals surface area contributed by atoms with Crippen LogP contribution in [0.2, 0.25) is 0 Å². The second-order valence-corrected chi connectivity index (χ2v) is 6.13. The second-order valence-electron chi connectivity index (χ2n) is 5.69. The van der Waals surface area contributed by atoms with E-state index in [-0.39, 0.29) is 12.0 Å². The van der Waals surface area contributed by atoms with E-state index in [1.54, 1.807) is 0 Å². The van der Waals surface area contributed by atoms with Gasteiger partial charge >= 0.3 is 0 Å². The van der Waals surface area contributed by atoms with Gasteiger partial charge in [0.1, 0.15) is 10.8 Å². The van der Waals surface area contributed by atoms with Crippen molar-refractivity contribution in [3.63, 3.8) is 0 Å². The highest BCUT2D eigenvalue weighted by atomic mass is 32.1. The van der Waals surface area contributed by atoms with Crippen molar-refractivity contribution in [2.75, 3.05) is 18.0 Å². The molecule has 1 aliphatic heterocycles. The molecule has 0 spiro atoms. The molecule has 1 aromatic heterocycles. The molecule has 0 amide bonds. The largest absolute Gasteiger partial charge is 0.393 e. The summed E-state index contributed by atoms with van der Waals surface area (Å²) in [7, 11) is 0. The third-order valence-electron chi connectivity index (χ3n) is 4.15. The Morgan fingerprint density at radius 2 is 2.19 bits per heavy atom. The summed E-state index contributed by atoms with van der Waals surface area (Å²) >= 11 is 5.18. The van der Waals surface area contributed by atoms with Crippen molar-refractivity contribution in [1.82, 2.24) is 4.98 Å². The monoisotopic (exact) mass is 301 g/mol. The molecule has 0 saturated carbocycles. The maximum atomic E-state index is 9.87. The molecule has 2 aromatic rings. The molecule has 0 aliphatic carbocycles. The van der Waals surface area contributed by atoms with E-state index in [1.807, 2.05) is 30.3 Å². The fourth-order valence-corrected chi connectivity index (χ4v) is 3.04. The van der Waals surface area contributed by atoms with Gasteiger partial charge in [0.15, 0.2) is 0 Å². The van der Waals surface area contributed by atoms with Crippen molar-refractivity contribution in [2.24, 2.45) is 11.7 Å². The van der Waals surface area contributed by atoms with Gasteiger partial charge in [-0.2, -0.15) is 0 Å². The zero-order valence-electron chi connectivity index (χ0n) is 12.0. The molecule has 1 fully saturated rings. The molecule has 3 rings (SSSR count). The summed E-state index contributed by atoms with van der Waals surface area (Å²) in [5, 5.41) is 10.9. The highest BCUT2D eigenvalue weighted by Crippen LogP contribution is 2.26. The number of thiocarbonyl (C=S) groups is 1. The van der Waals surface area contributed by atoms with Crippen molar-refractivity contribution in [2.45, 2.75) is 19.4 Å². The minimum atomic E-state index is -0.225. The molecular formula is C16H19N3OS. The number of benzene rings is 1. The maximum Gasteiger partial charge on any atom is 0.129 e. The summed E-state index contributed by atoms with van der Waals surface area (Å²) in [6.45, 7) is 3.66. The topological polar surface area (TPSA) is 62.4 Å². The zero-order chi connectivity index (χ0) is 15.0. The predicted molar refractivity (Wildman–Crippen MR) is 89.6 cm³/mol. The fourth-order valence-electron chi connectivity index (χ4n) is 2.87. The highest BCUT2D eigenvalue weighted by molar-refractivity contribution is 7.80. The Kier molecular flexibility index (Phi) is 3.78. The number of aliphatic hydroxyl groups excluding tert-OH is 1. The van der Waals surface area contributed by atoms with Crippen LogP contribution < -0.4 is 10.6 Å². The normalized spacial score (nSPS) is 22.5. The van der Waals surface area contributed by atoms with Crippen LogP contribution in [0.1, 0.15) is 18.9 Å². The van der Waals surface area contributed by atoms with Crippen molar-refractivity contribution >= 4 is 33.9 Å². The van der Waals surface area contributed by atoms with Crippen LogP contribution in [-0.4, -0.2) is 34.3 Å². The average molecular weight is 301 g/mol. The summed E-state index contributed by atoms with van der Waals surface area (Å²) < 4.78 is 0. The Labute approximate surface area is 129 Å². The number of aliphatic hydroxyl groups is 1. The first-order chi connectivity index (χ1) is 10.1. The van der Waals surface area contributed by atoms with Gasteiger partial charge in [0, 0.05) is 24.0 Å². The van der Waals surface area contributed by atoms with E-state index < -0.39 is 0 Å². The standard InChI is InChI=1S/C16H19N3OS/c1-10-9-19(7-6-14(10)20)15-8-12(16(17)21)11-4-2-3-5-13(11)18-15/h2-5,8,10,14,20H,6-7,9H2,1H3,(H2,17,21). The minimum absolute atomic E-state index is 0.225. The first-order valence-corrected chi connectivity index (χ1v) is 7.59. The van der Waals surface area contributed by atoms with Crippen LogP contribution in [0, 0.1) is 5.92 Å². The summed E-state index contributed by atoms with van der Waals surface area (Å²) in [6.07, 6.45) is 0.537. The predicted octanol–water partition coefficient (Wildman–Crippen LogP) is 2.08. The number of fused-ring (bicyclic) bond motifs is 1. The molecule has 1 aromatic carbocycles. The van der Waals surface area contributed by atoms with E-state index in [0.717, 1.165) is 41.8 Å². The van der Waals surface area contributed by atoms with Crippen LogP contribution >= 0.6 is 12.2 Å². The van der Waals surface area contributed by atoms with E-state index in [0.29, 0.717) is 4.99 Å². The highest BCUT2D eigenvalue weighted by Gasteiger charge is 2.25. The number of rotatable bonds is 2. The Morgan fingerprint density at radius 3 is 2.90 bits per heavy atom. The Morgan fingerprint density at radius 1 is 1.43 bits per heavy atom. The Balaban J connectivity index is 2.05. The van der Waals surface area contributed by atoms with Gasteiger partial charge in [0.2, 0.25) is 0 Å². The average Bonchev–Trinajstić information content (AvgIpc) is 2.48. The van der Waals surface area contributed by atoms with Gasteiger partial charge in [-0.25, -0.2) is 4.98 Å². The molecule has 0 radical (unpaired) electrons. The van der Waals surface area contributed by atoms with Crippen molar-refractivity contribution < 1.29 is 5.11 Å². The maximum absolute atomic E-state index is 9.87. The van der Waals surface area contributed by atoms with E-state index in [2.05, 4.69) is 11.8 Å². The first kappa shape index (κ1) is 14.2. The van der Waals surface area contributed by atoms with E-state index >= 15 is 0 Å². The molecule has 1 saturated heterocycles. The smallest absolute Gasteiger partial charge is 0.129 e. The third-order valence-corrected chi connectivity index (χ3v) is 4.37.